The molecular weight excluding hydrogens is 321 g/mol. The molecule has 0 fully saturated rings. The van der Waals surface area contributed by atoms with Crippen LogP contribution < -0.4 is 11.1 Å². The average Bonchev–Trinajstić information content (AvgIpc) is 2.91. The third-order valence-corrected chi connectivity index (χ3v) is 3.35. The molecule has 4 N–H and O–H groups in total. The molecule has 0 aliphatic carbocycles. The number of nitrogens with two attached hydrogens (primary N) is 1. The van der Waals surface area contributed by atoms with E-state index in [0.717, 1.165) is 12.3 Å². The molecule has 3 heterocycles. The first-order chi connectivity index (χ1) is 11.3. The third kappa shape index (κ3) is 2.97. The molecule has 0 aliphatic heterocycles. The highest BCUT2D eigenvalue weighted by molar-refractivity contribution is 5.95. The first-order valence-corrected chi connectivity index (χ1v) is 7.19. The highest BCUT2D eigenvalue weighted by atomic mass is 19.4. The predicted molar refractivity (Wildman–Crippen MR) is 85.3 cm³/mol. The maximum atomic E-state index is 12.9. The molecule has 0 atom stereocenters. The van der Waals surface area contributed by atoms with Crippen LogP contribution in [-0.4, -0.2) is 26.0 Å². The van der Waals surface area contributed by atoms with Crippen LogP contribution in [0.25, 0.3) is 22.3 Å². The van der Waals surface area contributed by atoms with Gasteiger partial charge in [-0.25, -0.2) is 15.0 Å². The Labute approximate surface area is 135 Å². The van der Waals surface area contributed by atoms with Crippen molar-refractivity contribution in [1.29, 1.82) is 0 Å². The molecular formula is C15H15F3N6. The molecule has 0 amide bonds. The summed E-state index contributed by atoms with van der Waals surface area (Å²) in [6, 6.07) is 1.13. The first-order valence-electron chi connectivity index (χ1n) is 7.19. The number of aromatic amines is 1. The number of H-pyrrole nitrogens is 1. The maximum Gasteiger partial charge on any atom is 0.417 e. The van der Waals surface area contributed by atoms with Crippen molar-refractivity contribution >= 4 is 22.7 Å². The van der Waals surface area contributed by atoms with Gasteiger partial charge in [-0.3, -0.25) is 0 Å². The SMILES string of the molecule is CC(C)Nc1ncc(N)c(-c2c[nH]c3ncc(C(F)(F)F)cc23)n1. The fraction of sp³-hybridized carbons (Fsp3) is 0.267. The Kier molecular flexibility index (Phi) is 3.78. The second-order valence-electron chi connectivity index (χ2n) is 5.62. The summed E-state index contributed by atoms with van der Waals surface area (Å²) in [5.41, 5.74) is 6.47. The van der Waals surface area contributed by atoms with Crippen LogP contribution in [0, 0.1) is 0 Å². The van der Waals surface area contributed by atoms with E-state index in [4.69, 9.17) is 5.73 Å². The van der Waals surface area contributed by atoms with Crippen molar-refractivity contribution < 1.29 is 13.2 Å². The zero-order chi connectivity index (χ0) is 17.5. The molecule has 0 unspecified atom stereocenters. The topological polar surface area (TPSA) is 92.5 Å². The fourth-order valence-electron chi connectivity index (χ4n) is 2.29. The van der Waals surface area contributed by atoms with Gasteiger partial charge in [0.25, 0.3) is 0 Å². The average molecular weight is 336 g/mol. The maximum absolute atomic E-state index is 12.9. The molecule has 126 valence electrons. The Morgan fingerprint density at radius 2 is 1.96 bits per heavy atom. The number of hydrogen-bond acceptors (Lipinski definition) is 5. The number of fused-ring (bicyclic) bond motifs is 1. The van der Waals surface area contributed by atoms with Gasteiger partial charge in [-0.05, 0) is 19.9 Å². The lowest BCUT2D eigenvalue weighted by molar-refractivity contribution is -0.137. The summed E-state index contributed by atoms with van der Waals surface area (Å²) >= 11 is 0. The molecule has 0 spiro atoms. The van der Waals surface area contributed by atoms with Crippen molar-refractivity contribution in [2.45, 2.75) is 26.1 Å². The molecule has 0 aliphatic rings. The Morgan fingerprint density at radius 1 is 1.21 bits per heavy atom. The summed E-state index contributed by atoms with van der Waals surface area (Å²) in [6.45, 7) is 3.84. The summed E-state index contributed by atoms with van der Waals surface area (Å²) in [4.78, 5) is 15.1. The van der Waals surface area contributed by atoms with Gasteiger partial charge in [-0.2, -0.15) is 13.2 Å². The number of pyridine rings is 1. The minimum atomic E-state index is -4.47. The van der Waals surface area contributed by atoms with Gasteiger partial charge in [0.05, 0.1) is 17.4 Å². The van der Waals surface area contributed by atoms with Crippen LogP contribution in [0.3, 0.4) is 0 Å². The van der Waals surface area contributed by atoms with E-state index >= 15 is 0 Å². The van der Waals surface area contributed by atoms with Gasteiger partial charge in [0.2, 0.25) is 5.95 Å². The van der Waals surface area contributed by atoms with E-state index in [1.165, 1.54) is 12.4 Å². The molecule has 24 heavy (non-hydrogen) atoms. The van der Waals surface area contributed by atoms with Gasteiger partial charge in [0.15, 0.2) is 0 Å². The lowest BCUT2D eigenvalue weighted by Crippen LogP contribution is -2.13. The van der Waals surface area contributed by atoms with Crippen LogP contribution in [0.5, 0.6) is 0 Å². The van der Waals surface area contributed by atoms with E-state index in [0.29, 0.717) is 28.2 Å². The van der Waals surface area contributed by atoms with Crippen LogP contribution in [0.4, 0.5) is 24.8 Å². The summed E-state index contributed by atoms with van der Waals surface area (Å²) in [5.74, 6) is 0.350. The van der Waals surface area contributed by atoms with E-state index in [2.05, 4.69) is 25.3 Å². The molecule has 3 rings (SSSR count). The second kappa shape index (κ2) is 5.66. The molecule has 0 saturated heterocycles. The molecule has 6 nitrogen and oxygen atoms in total. The van der Waals surface area contributed by atoms with Crippen LogP contribution in [0.2, 0.25) is 0 Å². The standard InChI is InChI=1S/C15H15F3N6/c1-7(2)23-14-22-6-11(19)12(24-14)10-5-21-13-9(10)3-8(4-20-13)15(16,17)18/h3-7H,19H2,1-2H3,(H,20,21)(H,22,23,24). The number of halogens is 3. The summed E-state index contributed by atoms with van der Waals surface area (Å²) < 4.78 is 38.8. The van der Waals surface area contributed by atoms with Crippen molar-refractivity contribution in [2.24, 2.45) is 0 Å². The summed E-state index contributed by atoms with van der Waals surface area (Å²) in [6.07, 6.45) is -0.725. The molecule has 0 radical (unpaired) electrons. The van der Waals surface area contributed by atoms with E-state index in [1.54, 1.807) is 0 Å². The van der Waals surface area contributed by atoms with E-state index in [9.17, 15) is 13.2 Å². The molecule has 0 bridgehead atoms. The minimum Gasteiger partial charge on any atom is -0.396 e. The molecule has 0 aromatic carbocycles. The first kappa shape index (κ1) is 16.0. The zero-order valence-electron chi connectivity index (χ0n) is 12.9. The number of hydrogen-bond donors (Lipinski definition) is 3. The van der Waals surface area contributed by atoms with Gasteiger partial charge in [-0.1, -0.05) is 0 Å². The number of nitrogens with one attached hydrogen (secondary N) is 2. The molecule has 9 heteroatoms. The third-order valence-electron chi connectivity index (χ3n) is 3.35. The zero-order valence-corrected chi connectivity index (χ0v) is 12.9. The monoisotopic (exact) mass is 336 g/mol. The Hall–Kier alpha value is -2.84. The Bertz CT molecular complexity index is 885. The van der Waals surface area contributed by atoms with Crippen molar-refractivity contribution in [3.8, 4) is 11.3 Å². The fourth-order valence-corrected chi connectivity index (χ4v) is 2.29. The van der Waals surface area contributed by atoms with Crippen molar-refractivity contribution in [2.75, 3.05) is 11.1 Å². The minimum absolute atomic E-state index is 0.0999. The van der Waals surface area contributed by atoms with Gasteiger partial charge >= 0.3 is 6.18 Å². The van der Waals surface area contributed by atoms with Crippen molar-refractivity contribution in [3.05, 3.63) is 30.2 Å². The van der Waals surface area contributed by atoms with E-state index < -0.39 is 11.7 Å². The molecule has 3 aromatic rings. The number of nitrogen functional groups attached to an aromatic ring is 1. The van der Waals surface area contributed by atoms with Crippen molar-refractivity contribution in [3.63, 3.8) is 0 Å². The highest BCUT2D eigenvalue weighted by Gasteiger charge is 2.31. The highest BCUT2D eigenvalue weighted by Crippen LogP contribution is 2.35. The van der Waals surface area contributed by atoms with Crippen LogP contribution in [-0.2, 0) is 6.18 Å². The normalized spacial score (nSPS) is 12.1. The summed E-state index contributed by atoms with van der Waals surface area (Å²) in [5, 5.41) is 3.33. The predicted octanol–water partition coefficient (Wildman–Crippen LogP) is 3.44. The van der Waals surface area contributed by atoms with Crippen LogP contribution in [0.1, 0.15) is 19.4 Å². The van der Waals surface area contributed by atoms with E-state index in [-0.39, 0.29) is 11.7 Å². The van der Waals surface area contributed by atoms with Gasteiger partial charge < -0.3 is 16.0 Å². The van der Waals surface area contributed by atoms with Crippen LogP contribution in [0.15, 0.2) is 24.7 Å². The lowest BCUT2D eigenvalue weighted by Gasteiger charge is -2.11. The summed E-state index contributed by atoms with van der Waals surface area (Å²) in [7, 11) is 0. The lowest BCUT2D eigenvalue weighted by atomic mass is 10.1. The van der Waals surface area contributed by atoms with E-state index in [1.807, 2.05) is 13.8 Å². The number of aromatic nitrogens is 4. The quantitative estimate of drug-likeness (QED) is 0.681. The number of rotatable bonds is 3. The Balaban J connectivity index is 2.15. The van der Waals surface area contributed by atoms with Gasteiger partial charge in [0.1, 0.15) is 11.3 Å². The molecule has 3 aromatic heterocycles. The molecule has 0 saturated carbocycles. The number of alkyl halides is 3. The largest absolute Gasteiger partial charge is 0.417 e. The number of nitrogens with zero attached hydrogens (tertiary/aromatic N) is 3. The Morgan fingerprint density at radius 3 is 2.62 bits per heavy atom. The van der Waals surface area contributed by atoms with Gasteiger partial charge in [0, 0.05) is 29.4 Å². The second-order valence-corrected chi connectivity index (χ2v) is 5.62. The number of anilines is 2. The van der Waals surface area contributed by atoms with Gasteiger partial charge in [-0.15, -0.1) is 0 Å². The smallest absolute Gasteiger partial charge is 0.396 e. The van der Waals surface area contributed by atoms with Crippen molar-refractivity contribution in [1.82, 2.24) is 19.9 Å². The van der Waals surface area contributed by atoms with Crippen LogP contribution >= 0.6 is 0 Å².